The van der Waals surface area contributed by atoms with Crippen LogP contribution >= 0.6 is 0 Å². The van der Waals surface area contributed by atoms with E-state index in [1.165, 1.54) is 17.7 Å². The molecule has 0 unspecified atom stereocenters. The number of fused-ring (bicyclic) bond motifs is 1. The van der Waals surface area contributed by atoms with Crippen LogP contribution in [0.4, 0.5) is 15.9 Å². The first-order valence-corrected chi connectivity index (χ1v) is 12.1. The number of aryl methyl sites for hydroxylation is 2. The van der Waals surface area contributed by atoms with Gasteiger partial charge in [-0.05, 0) is 55.4 Å². The average molecular weight is 455 g/mol. The van der Waals surface area contributed by atoms with Gasteiger partial charge in [0.1, 0.15) is 17.3 Å². The van der Waals surface area contributed by atoms with E-state index in [4.69, 9.17) is 10.1 Å². The third-order valence-corrected chi connectivity index (χ3v) is 7.17. The third-order valence-electron chi connectivity index (χ3n) is 7.17. The van der Waals surface area contributed by atoms with Crippen LogP contribution in [0.3, 0.4) is 0 Å². The molecule has 0 aliphatic carbocycles. The highest BCUT2D eigenvalue weighted by Crippen LogP contribution is 2.34. The maximum Gasteiger partial charge on any atom is 0.319 e. The zero-order valence-corrected chi connectivity index (χ0v) is 19.1. The average Bonchev–Trinajstić information content (AvgIpc) is 2.82. The van der Waals surface area contributed by atoms with E-state index in [0.717, 1.165) is 50.2 Å². The Labute approximate surface area is 194 Å². The number of aliphatic carboxylic acids is 1. The molecule has 6 nitrogen and oxygen atoms in total. The predicted octanol–water partition coefficient (Wildman–Crippen LogP) is 4.71. The minimum Gasteiger partial charge on any atom is -0.481 e. The van der Waals surface area contributed by atoms with Crippen molar-refractivity contribution < 1.29 is 19.1 Å². The summed E-state index contributed by atoms with van der Waals surface area (Å²) in [5.74, 6) is 0.338. The van der Waals surface area contributed by atoms with Crippen LogP contribution in [0.2, 0.25) is 0 Å². The number of hydrogen-bond acceptors (Lipinski definition) is 4. The summed E-state index contributed by atoms with van der Waals surface area (Å²) in [6.45, 7) is 2.17. The van der Waals surface area contributed by atoms with Crippen LogP contribution < -0.4 is 9.80 Å². The number of amides is 1. The van der Waals surface area contributed by atoms with Gasteiger partial charge in [-0.2, -0.15) is 0 Å². The fourth-order valence-corrected chi connectivity index (χ4v) is 5.24. The number of benzene rings is 1. The highest BCUT2D eigenvalue weighted by atomic mass is 19.1. The van der Waals surface area contributed by atoms with Gasteiger partial charge in [-0.25, -0.2) is 18.7 Å². The van der Waals surface area contributed by atoms with Crippen molar-refractivity contribution in [2.45, 2.75) is 57.8 Å². The number of carbonyl (C=O) groups is 2. The van der Waals surface area contributed by atoms with Gasteiger partial charge < -0.3 is 10.4 Å². The number of carboxylic acids is 1. The summed E-state index contributed by atoms with van der Waals surface area (Å²) in [6, 6.07) is 10.5. The second-order valence-corrected chi connectivity index (χ2v) is 9.36. The predicted molar refractivity (Wildman–Crippen MR) is 127 cm³/mol. The van der Waals surface area contributed by atoms with Gasteiger partial charge in [-0.15, -0.1) is 0 Å². The molecule has 2 N–H and O–H groups in total. The lowest BCUT2D eigenvalue weighted by molar-refractivity contribution is -0.137. The molecule has 2 aliphatic heterocycles. The van der Waals surface area contributed by atoms with Crippen LogP contribution in [0.25, 0.3) is 0 Å². The SMILES string of the molecule is O=C(O)CCCC1CC[N+](C(=O)CCc2ccc3c(n2)NCCC3)(c2cccc(F)c2)CC1. The zero-order valence-electron chi connectivity index (χ0n) is 19.1. The molecule has 0 spiro atoms. The first kappa shape index (κ1) is 23.4. The first-order chi connectivity index (χ1) is 16.0. The minimum absolute atomic E-state index is 0.0945. The molecule has 0 radical (unpaired) electrons. The van der Waals surface area contributed by atoms with E-state index in [9.17, 15) is 14.0 Å². The van der Waals surface area contributed by atoms with Gasteiger partial charge in [-0.3, -0.25) is 4.79 Å². The summed E-state index contributed by atoms with van der Waals surface area (Å²) in [7, 11) is 0. The van der Waals surface area contributed by atoms with Gasteiger partial charge >= 0.3 is 11.9 Å². The maximum absolute atomic E-state index is 14.1. The lowest BCUT2D eigenvalue weighted by Gasteiger charge is -2.41. The van der Waals surface area contributed by atoms with Crippen LogP contribution in [-0.4, -0.2) is 41.6 Å². The summed E-state index contributed by atoms with van der Waals surface area (Å²) in [4.78, 5) is 29.2. The fourth-order valence-electron chi connectivity index (χ4n) is 5.24. The molecule has 1 amide bonds. The summed E-state index contributed by atoms with van der Waals surface area (Å²) in [5, 5.41) is 12.2. The fraction of sp³-hybridized carbons (Fsp3) is 0.500. The van der Waals surface area contributed by atoms with Crippen molar-refractivity contribution >= 4 is 23.4 Å². The number of likely N-dealkylation sites (tertiary alicyclic amines) is 1. The normalized spacial score (nSPS) is 22.3. The van der Waals surface area contributed by atoms with Crippen LogP contribution in [0.5, 0.6) is 0 Å². The van der Waals surface area contributed by atoms with Crippen molar-refractivity contribution in [2.75, 3.05) is 25.0 Å². The van der Waals surface area contributed by atoms with Crippen molar-refractivity contribution in [3.05, 3.63) is 53.5 Å². The molecule has 0 bridgehead atoms. The number of nitrogens with zero attached hydrogens (tertiary/aromatic N) is 2. The van der Waals surface area contributed by atoms with Gasteiger partial charge in [0, 0.05) is 44.0 Å². The van der Waals surface area contributed by atoms with Crippen molar-refractivity contribution in [3.8, 4) is 0 Å². The number of hydrogen-bond donors (Lipinski definition) is 2. The van der Waals surface area contributed by atoms with E-state index in [1.54, 1.807) is 6.07 Å². The van der Waals surface area contributed by atoms with E-state index in [2.05, 4.69) is 11.4 Å². The minimum atomic E-state index is -0.767. The molecule has 4 rings (SSSR count). The highest BCUT2D eigenvalue weighted by molar-refractivity contribution is 5.88. The quantitative estimate of drug-likeness (QED) is 0.565. The van der Waals surface area contributed by atoms with E-state index in [0.29, 0.717) is 44.0 Å². The van der Waals surface area contributed by atoms with Crippen molar-refractivity contribution in [2.24, 2.45) is 5.92 Å². The highest BCUT2D eigenvalue weighted by Gasteiger charge is 2.42. The smallest absolute Gasteiger partial charge is 0.319 e. The van der Waals surface area contributed by atoms with Crippen LogP contribution in [0.15, 0.2) is 36.4 Å². The Balaban J connectivity index is 1.46. The number of nitrogens with one attached hydrogen (secondary N) is 1. The Kier molecular flexibility index (Phi) is 7.38. The number of pyridine rings is 1. The molecule has 0 atom stereocenters. The summed E-state index contributed by atoms with van der Waals surface area (Å²) >= 11 is 0. The van der Waals surface area contributed by atoms with Gasteiger partial charge in [-0.1, -0.05) is 12.1 Å². The van der Waals surface area contributed by atoms with E-state index in [1.807, 2.05) is 12.1 Å². The van der Waals surface area contributed by atoms with Gasteiger partial charge in [0.05, 0.1) is 19.5 Å². The lowest BCUT2D eigenvalue weighted by atomic mass is 9.89. The third kappa shape index (κ3) is 5.58. The van der Waals surface area contributed by atoms with Crippen LogP contribution in [-0.2, 0) is 22.4 Å². The Morgan fingerprint density at radius 1 is 1.15 bits per heavy atom. The van der Waals surface area contributed by atoms with Gasteiger partial charge in [0.2, 0.25) is 0 Å². The Bertz CT molecular complexity index is 1000. The van der Waals surface area contributed by atoms with E-state index < -0.39 is 5.97 Å². The standard InChI is InChI=1S/C26H32FN3O3/c27-21-6-2-7-23(18-21)30(16-13-19(14-17-30)4-1-8-25(32)33)24(31)12-11-22-10-9-20-5-3-15-28-26(20)29-22/h2,6-7,9-10,18-19H,1,3-5,8,11-17H2,(H-,28,29,32,33)/p+1. The van der Waals surface area contributed by atoms with E-state index >= 15 is 0 Å². The summed E-state index contributed by atoms with van der Waals surface area (Å²) in [5.41, 5.74) is 2.84. The number of halogens is 1. The summed E-state index contributed by atoms with van der Waals surface area (Å²) < 4.78 is 14.3. The molecule has 2 aliphatic rings. The molecule has 0 saturated carbocycles. The molecule has 1 aromatic carbocycles. The molecule has 2 aromatic rings. The molecule has 1 saturated heterocycles. The number of aromatic nitrogens is 1. The lowest BCUT2D eigenvalue weighted by Crippen LogP contribution is -2.58. The molecule has 1 aromatic heterocycles. The summed E-state index contributed by atoms with van der Waals surface area (Å²) in [6.07, 6.45) is 6.42. The molecule has 176 valence electrons. The molecular formula is C26H33FN3O3+. The molecular weight excluding hydrogens is 421 g/mol. The van der Waals surface area contributed by atoms with Gasteiger partial charge in [0.25, 0.3) is 0 Å². The number of carboxylic acid groups (broad SMARTS) is 1. The maximum atomic E-state index is 14.1. The first-order valence-electron chi connectivity index (χ1n) is 12.1. The van der Waals surface area contributed by atoms with Crippen molar-refractivity contribution in [1.29, 1.82) is 0 Å². The number of rotatable bonds is 8. The number of quaternary nitrogens is 1. The largest absolute Gasteiger partial charge is 0.481 e. The molecule has 33 heavy (non-hydrogen) atoms. The number of anilines is 1. The Morgan fingerprint density at radius 2 is 1.97 bits per heavy atom. The number of carbonyl (C=O) groups excluding carboxylic acids is 1. The number of piperidine rings is 1. The van der Waals surface area contributed by atoms with E-state index in [-0.39, 0.29) is 22.6 Å². The Morgan fingerprint density at radius 3 is 2.73 bits per heavy atom. The van der Waals surface area contributed by atoms with Crippen molar-refractivity contribution in [1.82, 2.24) is 9.47 Å². The zero-order chi connectivity index (χ0) is 23.3. The second kappa shape index (κ2) is 10.4. The Hall–Kier alpha value is -2.80. The monoisotopic (exact) mass is 454 g/mol. The second-order valence-electron chi connectivity index (χ2n) is 9.36. The molecule has 1 fully saturated rings. The van der Waals surface area contributed by atoms with Crippen LogP contribution in [0, 0.1) is 11.7 Å². The molecule has 7 heteroatoms. The van der Waals surface area contributed by atoms with Crippen molar-refractivity contribution in [3.63, 3.8) is 0 Å². The molecule has 3 heterocycles. The topological polar surface area (TPSA) is 79.3 Å². The van der Waals surface area contributed by atoms with Crippen LogP contribution in [0.1, 0.15) is 56.2 Å². The van der Waals surface area contributed by atoms with Gasteiger partial charge in [0.15, 0.2) is 0 Å².